The van der Waals surface area contributed by atoms with Crippen molar-refractivity contribution < 1.29 is 5.11 Å². The molecule has 1 saturated heterocycles. The Morgan fingerprint density at radius 1 is 1.59 bits per heavy atom. The van der Waals surface area contributed by atoms with Crippen molar-refractivity contribution in [3.63, 3.8) is 0 Å². The average molecular weight is 315 g/mol. The Labute approximate surface area is 115 Å². The number of nitrogens with zero attached hydrogens (tertiary/aromatic N) is 1. The lowest BCUT2D eigenvalue weighted by atomic mass is 10.1. The van der Waals surface area contributed by atoms with Gasteiger partial charge >= 0.3 is 0 Å². The standard InChI is InChI=1S/C12H15BrN2OS/c13-9-2-1-3-10(11(9)12(14)17)15-5-4-8(6-15)7-16/h1-3,8,16H,4-7H2,(H2,14,17). The van der Waals surface area contributed by atoms with Crippen LogP contribution >= 0.6 is 28.1 Å². The molecule has 0 spiro atoms. The Morgan fingerprint density at radius 2 is 2.35 bits per heavy atom. The number of thiocarbonyl (C=S) groups is 1. The van der Waals surface area contributed by atoms with Crippen molar-refractivity contribution in [2.24, 2.45) is 11.7 Å². The molecule has 1 aliphatic heterocycles. The van der Waals surface area contributed by atoms with Gasteiger partial charge in [-0.3, -0.25) is 0 Å². The maximum absolute atomic E-state index is 9.18. The summed E-state index contributed by atoms with van der Waals surface area (Å²) in [5.41, 5.74) is 7.72. The van der Waals surface area contributed by atoms with E-state index in [0.717, 1.165) is 35.2 Å². The van der Waals surface area contributed by atoms with Crippen LogP contribution < -0.4 is 10.6 Å². The third-order valence-electron chi connectivity index (χ3n) is 3.12. The van der Waals surface area contributed by atoms with Gasteiger partial charge in [-0.1, -0.05) is 18.3 Å². The molecule has 0 aromatic heterocycles. The maximum atomic E-state index is 9.18. The number of hydrogen-bond acceptors (Lipinski definition) is 3. The van der Waals surface area contributed by atoms with E-state index in [1.54, 1.807) is 0 Å². The number of rotatable bonds is 3. The summed E-state index contributed by atoms with van der Waals surface area (Å²) in [6, 6.07) is 5.95. The molecular formula is C12H15BrN2OS. The van der Waals surface area contributed by atoms with Gasteiger partial charge in [-0.25, -0.2) is 0 Å². The molecule has 1 aliphatic rings. The summed E-state index contributed by atoms with van der Waals surface area (Å²) >= 11 is 8.59. The lowest BCUT2D eigenvalue weighted by Crippen LogP contribution is -2.24. The van der Waals surface area contributed by atoms with E-state index in [2.05, 4.69) is 20.8 Å². The molecular weight excluding hydrogens is 300 g/mol. The summed E-state index contributed by atoms with van der Waals surface area (Å²) < 4.78 is 0.926. The lowest BCUT2D eigenvalue weighted by molar-refractivity contribution is 0.238. The van der Waals surface area contributed by atoms with Gasteiger partial charge in [0.15, 0.2) is 0 Å². The van der Waals surface area contributed by atoms with E-state index in [1.807, 2.05) is 18.2 Å². The molecule has 0 saturated carbocycles. The molecule has 17 heavy (non-hydrogen) atoms. The van der Waals surface area contributed by atoms with E-state index in [4.69, 9.17) is 18.0 Å². The highest BCUT2D eigenvalue weighted by Crippen LogP contribution is 2.31. The fourth-order valence-electron chi connectivity index (χ4n) is 2.22. The fourth-order valence-corrected chi connectivity index (χ4v) is 3.14. The van der Waals surface area contributed by atoms with Crippen LogP contribution in [0.1, 0.15) is 12.0 Å². The molecule has 5 heteroatoms. The Balaban J connectivity index is 2.33. The topological polar surface area (TPSA) is 49.5 Å². The number of halogens is 1. The number of benzene rings is 1. The van der Waals surface area contributed by atoms with Gasteiger partial charge in [0, 0.05) is 41.3 Å². The first-order chi connectivity index (χ1) is 8.13. The summed E-state index contributed by atoms with van der Waals surface area (Å²) in [4.78, 5) is 2.64. The zero-order valence-corrected chi connectivity index (χ0v) is 11.8. The van der Waals surface area contributed by atoms with Crippen LogP contribution in [-0.2, 0) is 0 Å². The minimum Gasteiger partial charge on any atom is -0.396 e. The molecule has 0 amide bonds. The Bertz CT molecular complexity index is 439. The molecule has 1 unspecified atom stereocenters. The second kappa shape index (κ2) is 5.33. The van der Waals surface area contributed by atoms with Gasteiger partial charge in [-0.05, 0) is 34.5 Å². The molecule has 1 heterocycles. The molecule has 0 bridgehead atoms. The minimum absolute atomic E-state index is 0.243. The van der Waals surface area contributed by atoms with Crippen molar-refractivity contribution in [3.05, 3.63) is 28.2 Å². The zero-order valence-electron chi connectivity index (χ0n) is 9.40. The third-order valence-corrected chi connectivity index (χ3v) is 3.99. The highest BCUT2D eigenvalue weighted by atomic mass is 79.9. The second-order valence-corrected chi connectivity index (χ2v) is 5.58. The first-order valence-corrected chi connectivity index (χ1v) is 6.77. The molecule has 1 aromatic carbocycles. The first-order valence-electron chi connectivity index (χ1n) is 5.57. The van der Waals surface area contributed by atoms with Gasteiger partial charge in [0.1, 0.15) is 4.99 Å². The van der Waals surface area contributed by atoms with Crippen LogP contribution in [0.15, 0.2) is 22.7 Å². The van der Waals surface area contributed by atoms with Gasteiger partial charge in [-0.15, -0.1) is 0 Å². The van der Waals surface area contributed by atoms with Crippen LogP contribution in [0.2, 0.25) is 0 Å². The van der Waals surface area contributed by atoms with E-state index in [9.17, 15) is 5.11 Å². The van der Waals surface area contributed by atoms with Crippen LogP contribution in [-0.4, -0.2) is 29.8 Å². The number of aliphatic hydroxyl groups excluding tert-OH is 1. The predicted molar refractivity (Wildman–Crippen MR) is 77.4 cm³/mol. The van der Waals surface area contributed by atoms with E-state index in [-0.39, 0.29) is 6.61 Å². The Morgan fingerprint density at radius 3 is 2.94 bits per heavy atom. The van der Waals surface area contributed by atoms with Crippen molar-refractivity contribution in [2.75, 3.05) is 24.6 Å². The van der Waals surface area contributed by atoms with Gasteiger partial charge in [-0.2, -0.15) is 0 Å². The number of nitrogens with two attached hydrogens (primary N) is 1. The van der Waals surface area contributed by atoms with Crippen LogP contribution in [0.5, 0.6) is 0 Å². The van der Waals surface area contributed by atoms with Crippen molar-refractivity contribution in [1.82, 2.24) is 0 Å². The van der Waals surface area contributed by atoms with Crippen LogP contribution in [0.4, 0.5) is 5.69 Å². The molecule has 3 nitrogen and oxygen atoms in total. The summed E-state index contributed by atoms with van der Waals surface area (Å²) in [7, 11) is 0. The molecule has 92 valence electrons. The quantitative estimate of drug-likeness (QED) is 0.837. The first kappa shape index (κ1) is 12.8. The van der Waals surface area contributed by atoms with E-state index in [0.29, 0.717) is 10.9 Å². The summed E-state index contributed by atoms with van der Waals surface area (Å²) in [5, 5.41) is 9.18. The van der Waals surface area contributed by atoms with Crippen molar-refractivity contribution >= 4 is 38.8 Å². The highest BCUT2D eigenvalue weighted by molar-refractivity contribution is 9.10. The molecule has 1 atom stereocenters. The van der Waals surface area contributed by atoms with E-state index < -0.39 is 0 Å². The van der Waals surface area contributed by atoms with Crippen LogP contribution in [0.25, 0.3) is 0 Å². The van der Waals surface area contributed by atoms with Crippen molar-refractivity contribution in [1.29, 1.82) is 0 Å². The van der Waals surface area contributed by atoms with Gasteiger partial charge in [0.05, 0.1) is 0 Å². The number of aliphatic hydroxyl groups is 1. The Hall–Kier alpha value is -0.650. The maximum Gasteiger partial charge on any atom is 0.107 e. The SMILES string of the molecule is NC(=S)c1c(Br)cccc1N1CCC(CO)C1. The van der Waals surface area contributed by atoms with E-state index >= 15 is 0 Å². The number of hydrogen-bond donors (Lipinski definition) is 2. The summed E-state index contributed by atoms with van der Waals surface area (Å²) in [5.74, 6) is 0.355. The second-order valence-electron chi connectivity index (χ2n) is 4.28. The Kier molecular flexibility index (Phi) is 4.01. The molecule has 1 aromatic rings. The van der Waals surface area contributed by atoms with Gasteiger partial charge < -0.3 is 15.7 Å². The van der Waals surface area contributed by atoms with Crippen LogP contribution in [0, 0.1) is 5.92 Å². The molecule has 0 aliphatic carbocycles. The molecule has 3 N–H and O–H groups in total. The zero-order chi connectivity index (χ0) is 12.4. The molecule has 2 rings (SSSR count). The largest absolute Gasteiger partial charge is 0.396 e. The number of anilines is 1. The minimum atomic E-state index is 0.243. The van der Waals surface area contributed by atoms with Gasteiger partial charge in [0.2, 0.25) is 0 Å². The van der Waals surface area contributed by atoms with Crippen molar-refractivity contribution in [3.8, 4) is 0 Å². The summed E-state index contributed by atoms with van der Waals surface area (Å²) in [6.45, 7) is 2.05. The van der Waals surface area contributed by atoms with Crippen LogP contribution in [0.3, 0.4) is 0 Å². The molecule has 0 radical (unpaired) electrons. The van der Waals surface area contributed by atoms with Gasteiger partial charge in [0.25, 0.3) is 0 Å². The fraction of sp³-hybridized carbons (Fsp3) is 0.417. The molecule has 1 fully saturated rings. The normalized spacial score (nSPS) is 19.6. The lowest BCUT2D eigenvalue weighted by Gasteiger charge is -2.22. The smallest absolute Gasteiger partial charge is 0.107 e. The average Bonchev–Trinajstić information content (AvgIpc) is 2.76. The third kappa shape index (κ3) is 2.61. The monoisotopic (exact) mass is 314 g/mol. The predicted octanol–water partition coefficient (Wildman–Crippen LogP) is 1.90. The highest BCUT2D eigenvalue weighted by Gasteiger charge is 2.24. The summed E-state index contributed by atoms with van der Waals surface area (Å²) in [6.07, 6.45) is 1.01. The van der Waals surface area contributed by atoms with E-state index in [1.165, 1.54) is 0 Å². The van der Waals surface area contributed by atoms with Crippen molar-refractivity contribution in [2.45, 2.75) is 6.42 Å².